The summed E-state index contributed by atoms with van der Waals surface area (Å²) in [7, 11) is 1.74. The molecular formula is C14H21NO. The summed E-state index contributed by atoms with van der Waals surface area (Å²) in [6.45, 7) is 6.39. The van der Waals surface area contributed by atoms with E-state index in [1.807, 2.05) is 0 Å². The summed E-state index contributed by atoms with van der Waals surface area (Å²) in [5.74, 6) is 1.02. The Morgan fingerprint density at radius 3 is 2.38 bits per heavy atom. The molecule has 0 radical (unpaired) electrons. The van der Waals surface area contributed by atoms with Crippen LogP contribution in [0.2, 0.25) is 0 Å². The van der Waals surface area contributed by atoms with Crippen molar-refractivity contribution in [2.75, 3.05) is 7.11 Å². The largest absolute Gasteiger partial charge is 0.496 e. The van der Waals surface area contributed by atoms with Gasteiger partial charge >= 0.3 is 0 Å². The highest BCUT2D eigenvalue weighted by atomic mass is 16.5. The second kappa shape index (κ2) is 3.77. The Labute approximate surface area is 97.8 Å². The first-order valence-corrected chi connectivity index (χ1v) is 5.89. The van der Waals surface area contributed by atoms with Crippen molar-refractivity contribution in [1.82, 2.24) is 0 Å². The van der Waals surface area contributed by atoms with Gasteiger partial charge in [0.25, 0.3) is 0 Å². The Kier molecular flexibility index (Phi) is 2.70. The first-order valence-electron chi connectivity index (χ1n) is 5.89. The zero-order chi connectivity index (χ0) is 11.9. The summed E-state index contributed by atoms with van der Waals surface area (Å²) in [6, 6.07) is 2.23. The van der Waals surface area contributed by atoms with E-state index in [0.29, 0.717) is 0 Å². The standard InChI is InChI=1S/C14H21NO/c1-9-7-12(8-14(15)5-6-14)10(2)11(3)13(9)16-4/h7H,5-6,8,15H2,1-4H3. The Morgan fingerprint density at radius 2 is 1.88 bits per heavy atom. The van der Waals surface area contributed by atoms with Gasteiger partial charge in [-0.1, -0.05) is 6.07 Å². The monoisotopic (exact) mass is 219 g/mol. The number of nitrogens with two attached hydrogens (primary N) is 1. The molecule has 2 heteroatoms. The maximum Gasteiger partial charge on any atom is 0.124 e. The van der Waals surface area contributed by atoms with Crippen LogP contribution in [0.4, 0.5) is 0 Å². The van der Waals surface area contributed by atoms with Gasteiger partial charge in [0.1, 0.15) is 5.75 Å². The van der Waals surface area contributed by atoms with Crippen LogP contribution in [0, 0.1) is 20.8 Å². The molecule has 1 fully saturated rings. The normalized spacial score (nSPS) is 17.3. The van der Waals surface area contributed by atoms with Crippen LogP contribution in [0.25, 0.3) is 0 Å². The summed E-state index contributed by atoms with van der Waals surface area (Å²) in [4.78, 5) is 0. The minimum atomic E-state index is 0.0816. The lowest BCUT2D eigenvalue weighted by Gasteiger charge is -2.17. The van der Waals surface area contributed by atoms with Crippen LogP contribution >= 0.6 is 0 Å². The molecule has 0 unspecified atom stereocenters. The van der Waals surface area contributed by atoms with Crippen LogP contribution in [0.3, 0.4) is 0 Å². The molecule has 0 atom stereocenters. The van der Waals surface area contributed by atoms with Crippen molar-refractivity contribution < 1.29 is 4.74 Å². The Balaban J connectivity index is 2.39. The summed E-state index contributed by atoms with van der Waals surface area (Å²) in [6.07, 6.45) is 3.33. The third-order valence-electron chi connectivity index (χ3n) is 3.77. The predicted molar refractivity (Wildman–Crippen MR) is 67.1 cm³/mol. The van der Waals surface area contributed by atoms with Crippen molar-refractivity contribution in [2.24, 2.45) is 5.73 Å². The molecule has 0 bridgehead atoms. The van der Waals surface area contributed by atoms with Crippen LogP contribution in [0.1, 0.15) is 35.1 Å². The van der Waals surface area contributed by atoms with Crippen molar-refractivity contribution in [1.29, 1.82) is 0 Å². The highest BCUT2D eigenvalue weighted by Gasteiger charge is 2.38. The van der Waals surface area contributed by atoms with E-state index in [1.165, 1.54) is 22.3 Å². The summed E-state index contributed by atoms with van der Waals surface area (Å²) >= 11 is 0. The molecule has 2 nitrogen and oxygen atoms in total. The van der Waals surface area contributed by atoms with Gasteiger partial charge < -0.3 is 10.5 Å². The molecule has 1 aliphatic carbocycles. The molecule has 1 saturated carbocycles. The minimum Gasteiger partial charge on any atom is -0.496 e. The molecule has 2 N–H and O–H groups in total. The third-order valence-corrected chi connectivity index (χ3v) is 3.77. The molecular weight excluding hydrogens is 198 g/mol. The zero-order valence-corrected chi connectivity index (χ0v) is 10.7. The maximum absolute atomic E-state index is 6.19. The average Bonchev–Trinajstić information content (AvgIpc) is 2.93. The van der Waals surface area contributed by atoms with E-state index in [9.17, 15) is 0 Å². The smallest absolute Gasteiger partial charge is 0.124 e. The molecule has 1 aromatic carbocycles. The number of hydrogen-bond donors (Lipinski definition) is 1. The van der Waals surface area contributed by atoms with Crippen LogP contribution in [-0.4, -0.2) is 12.6 Å². The van der Waals surface area contributed by atoms with E-state index in [-0.39, 0.29) is 5.54 Å². The van der Waals surface area contributed by atoms with Crippen LogP contribution in [-0.2, 0) is 6.42 Å². The number of hydrogen-bond acceptors (Lipinski definition) is 2. The van der Waals surface area contributed by atoms with Crippen LogP contribution in [0.15, 0.2) is 6.07 Å². The van der Waals surface area contributed by atoms with Gasteiger partial charge in [0.15, 0.2) is 0 Å². The van der Waals surface area contributed by atoms with Gasteiger partial charge in [-0.25, -0.2) is 0 Å². The SMILES string of the molecule is COc1c(C)cc(CC2(N)CC2)c(C)c1C. The van der Waals surface area contributed by atoms with Crippen LogP contribution < -0.4 is 10.5 Å². The molecule has 0 aliphatic heterocycles. The number of aryl methyl sites for hydroxylation is 1. The van der Waals surface area contributed by atoms with E-state index in [1.54, 1.807) is 7.11 Å². The lowest BCUT2D eigenvalue weighted by molar-refractivity contribution is 0.408. The van der Waals surface area contributed by atoms with Gasteiger partial charge in [-0.15, -0.1) is 0 Å². The van der Waals surface area contributed by atoms with E-state index in [0.717, 1.165) is 25.0 Å². The number of ether oxygens (including phenoxy) is 1. The lowest BCUT2D eigenvalue weighted by Crippen LogP contribution is -2.25. The van der Waals surface area contributed by atoms with Gasteiger partial charge in [0.2, 0.25) is 0 Å². The summed E-state index contributed by atoms with van der Waals surface area (Å²) < 4.78 is 5.43. The first kappa shape index (κ1) is 11.5. The van der Waals surface area contributed by atoms with Gasteiger partial charge in [0.05, 0.1) is 7.11 Å². The first-order chi connectivity index (χ1) is 7.47. The van der Waals surface area contributed by atoms with E-state index >= 15 is 0 Å². The Bertz CT molecular complexity index is 419. The fraction of sp³-hybridized carbons (Fsp3) is 0.571. The predicted octanol–water partition coefficient (Wildman–Crippen LogP) is 2.65. The quantitative estimate of drug-likeness (QED) is 0.848. The van der Waals surface area contributed by atoms with Gasteiger partial charge in [-0.2, -0.15) is 0 Å². The van der Waals surface area contributed by atoms with Crippen molar-refractivity contribution in [3.8, 4) is 5.75 Å². The zero-order valence-electron chi connectivity index (χ0n) is 10.7. The minimum absolute atomic E-state index is 0.0816. The molecule has 1 aromatic rings. The Morgan fingerprint density at radius 1 is 1.25 bits per heavy atom. The highest BCUT2D eigenvalue weighted by Crippen LogP contribution is 2.38. The van der Waals surface area contributed by atoms with Gasteiger partial charge in [-0.3, -0.25) is 0 Å². The lowest BCUT2D eigenvalue weighted by atomic mass is 9.93. The molecule has 1 aliphatic rings. The van der Waals surface area contributed by atoms with Crippen molar-refractivity contribution in [2.45, 2.75) is 45.6 Å². The molecule has 0 heterocycles. The summed E-state index contributed by atoms with van der Waals surface area (Å²) in [5, 5.41) is 0. The van der Waals surface area contributed by atoms with Gasteiger partial charge in [-0.05, 0) is 62.3 Å². The van der Waals surface area contributed by atoms with E-state index < -0.39 is 0 Å². The Hall–Kier alpha value is -1.02. The molecule has 0 amide bonds. The van der Waals surface area contributed by atoms with Gasteiger partial charge in [0, 0.05) is 5.54 Å². The van der Waals surface area contributed by atoms with E-state index in [4.69, 9.17) is 10.5 Å². The number of rotatable bonds is 3. The molecule has 0 saturated heterocycles. The fourth-order valence-electron chi connectivity index (χ4n) is 2.36. The number of methoxy groups -OCH3 is 1. The van der Waals surface area contributed by atoms with Crippen molar-refractivity contribution >= 4 is 0 Å². The average molecular weight is 219 g/mol. The molecule has 88 valence electrons. The van der Waals surface area contributed by atoms with Crippen LogP contribution in [0.5, 0.6) is 5.75 Å². The van der Waals surface area contributed by atoms with Crippen molar-refractivity contribution in [3.63, 3.8) is 0 Å². The summed E-state index contributed by atoms with van der Waals surface area (Å²) in [5.41, 5.74) is 11.5. The topological polar surface area (TPSA) is 35.2 Å². The van der Waals surface area contributed by atoms with Crippen molar-refractivity contribution in [3.05, 3.63) is 28.3 Å². The maximum atomic E-state index is 6.19. The van der Waals surface area contributed by atoms with E-state index in [2.05, 4.69) is 26.8 Å². The molecule has 0 aromatic heterocycles. The molecule has 0 spiro atoms. The highest BCUT2D eigenvalue weighted by molar-refractivity contribution is 5.49. The second-order valence-electron chi connectivity index (χ2n) is 5.17. The molecule has 16 heavy (non-hydrogen) atoms. The third kappa shape index (κ3) is 1.94. The number of benzene rings is 1. The second-order valence-corrected chi connectivity index (χ2v) is 5.17. The fourth-order valence-corrected chi connectivity index (χ4v) is 2.36. The molecule has 2 rings (SSSR count).